The summed E-state index contributed by atoms with van der Waals surface area (Å²) in [5.41, 5.74) is 5.99. The Labute approximate surface area is 233 Å². The van der Waals surface area contributed by atoms with E-state index >= 15 is 0 Å². The predicted octanol–water partition coefficient (Wildman–Crippen LogP) is 6.67. The van der Waals surface area contributed by atoms with E-state index in [1.807, 2.05) is 27.9 Å². The van der Waals surface area contributed by atoms with Gasteiger partial charge in [0.2, 0.25) is 0 Å². The highest BCUT2D eigenvalue weighted by molar-refractivity contribution is 5.97. The Kier molecular flexibility index (Phi) is 6.23. The number of halogens is 1. The average molecular weight is 529 g/mol. The lowest BCUT2D eigenvalue weighted by Crippen LogP contribution is -2.35. The molecule has 3 aromatic carbocycles. The van der Waals surface area contributed by atoms with Gasteiger partial charge < -0.3 is 4.90 Å². The van der Waals surface area contributed by atoms with Crippen LogP contribution in [0, 0.1) is 35.9 Å². The van der Waals surface area contributed by atoms with Crippen LogP contribution in [0.25, 0.3) is 16.6 Å². The fourth-order valence-electron chi connectivity index (χ4n) is 6.75. The molecule has 6 rings (SSSR count). The lowest BCUT2D eigenvalue weighted by molar-refractivity contribution is 0.0766. The lowest BCUT2D eigenvalue weighted by atomic mass is 9.86. The SMILES string of the molecule is C=C/C=C\C=C(/C)[C@@H]1[C@H]2CN(C(=O)c3ccccc3C#N)C[C@]21c1cc2cnn(-c3ccc(F)cc3)c2cc1C. The molecule has 1 amide bonds. The largest absolute Gasteiger partial charge is 0.337 e. The van der Waals surface area contributed by atoms with E-state index in [4.69, 9.17) is 0 Å². The second kappa shape index (κ2) is 9.77. The zero-order valence-corrected chi connectivity index (χ0v) is 22.5. The molecule has 1 saturated heterocycles. The lowest BCUT2D eigenvalue weighted by Gasteiger charge is -2.26. The zero-order chi connectivity index (χ0) is 28.0. The van der Waals surface area contributed by atoms with Crippen LogP contribution in [-0.2, 0) is 5.41 Å². The number of amides is 1. The van der Waals surface area contributed by atoms with Crippen molar-refractivity contribution in [2.75, 3.05) is 13.1 Å². The van der Waals surface area contributed by atoms with E-state index in [0.29, 0.717) is 30.1 Å². The molecule has 0 unspecified atom stereocenters. The van der Waals surface area contributed by atoms with E-state index in [1.165, 1.54) is 23.3 Å². The summed E-state index contributed by atoms with van der Waals surface area (Å²) < 4.78 is 15.4. The van der Waals surface area contributed by atoms with Gasteiger partial charge in [0.15, 0.2) is 0 Å². The van der Waals surface area contributed by atoms with Crippen LogP contribution in [0.5, 0.6) is 0 Å². The molecule has 2 fully saturated rings. The molecule has 2 aliphatic rings. The Hall–Kier alpha value is -4.76. The summed E-state index contributed by atoms with van der Waals surface area (Å²) in [4.78, 5) is 15.5. The quantitative estimate of drug-likeness (QED) is 0.263. The molecule has 0 N–H and O–H groups in total. The van der Waals surface area contributed by atoms with Gasteiger partial charge >= 0.3 is 0 Å². The molecule has 5 nitrogen and oxygen atoms in total. The minimum Gasteiger partial charge on any atom is -0.337 e. The molecule has 4 aromatic rings. The Morgan fingerprint density at radius 3 is 2.70 bits per heavy atom. The Morgan fingerprint density at radius 1 is 1.18 bits per heavy atom. The molecule has 0 spiro atoms. The standard InChI is InChI=1S/C34H29FN4O/c1-4-5-6-9-22(2)32-30-20-38(33(40)28-11-8-7-10-24(28)18-36)21-34(30,32)29-17-25-19-37-39(31(25)16-23(29)3)27-14-12-26(35)13-15-27/h4-17,19,30,32H,1,20-21H2,2-3H3/b6-5-,22-9+/t30-,32-,34+/m1/s1. The summed E-state index contributed by atoms with van der Waals surface area (Å²) in [6.45, 7) is 9.26. The number of allylic oxidation sites excluding steroid dienone is 5. The minimum absolute atomic E-state index is 0.0986. The first-order chi connectivity index (χ1) is 19.4. The van der Waals surface area contributed by atoms with Crippen molar-refractivity contribution in [3.8, 4) is 11.8 Å². The fraction of sp³-hybridized carbons (Fsp3) is 0.206. The number of fused-ring (bicyclic) bond motifs is 2. The normalized spacial score (nSPS) is 21.9. The summed E-state index contributed by atoms with van der Waals surface area (Å²) in [7, 11) is 0. The summed E-state index contributed by atoms with van der Waals surface area (Å²) in [5, 5.41) is 15.2. The highest BCUT2D eigenvalue weighted by Gasteiger charge is 2.70. The number of rotatable bonds is 6. The molecule has 1 aliphatic heterocycles. The Bertz CT molecular complexity index is 1760. The molecule has 3 atom stereocenters. The monoisotopic (exact) mass is 528 g/mol. The van der Waals surface area contributed by atoms with Crippen molar-refractivity contribution >= 4 is 16.8 Å². The van der Waals surface area contributed by atoms with Gasteiger partial charge in [-0.25, -0.2) is 9.07 Å². The molecule has 6 heteroatoms. The summed E-state index contributed by atoms with van der Waals surface area (Å²) in [6, 6.07) is 19.9. The maximum Gasteiger partial charge on any atom is 0.255 e. The van der Waals surface area contributed by atoms with Gasteiger partial charge in [-0.1, -0.05) is 48.6 Å². The first-order valence-corrected chi connectivity index (χ1v) is 13.4. The molecule has 1 aromatic heterocycles. The predicted molar refractivity (Wildman–Crippen MR) is 155 cm³/mol. The molecule has 1 aliphatic carbocycles. The number of benzene rings is 3. The summed E-state index contributed by atoms with van der Waals surface area (Å²) >= 11 is 0. The third kappa shape index (κ3) is 3.97. The topological polar surface area (TPSA) is 61.9 Å². The third-order valence-electron chi connectivity index (χ3n) is 8.53. The van der Waals surface area contributed by atoms with Crippen LogP contribution in [0.15, 0.2) is 103 Å². The van der Waals surface area contributed by atoms with Crippen LogP contribution < -0.4 is 0 Å². The number of hydrogen-bond acceptors (Lipinski definition) is 3. The molecule has 0 radical (unpaired) electrons. The van der Waals surface area contributed by atoms with Gasteiger partial charge in [-0.05, 0) is 85.3 Å². The van der Waals surface area contributed by atoms with Crippen molar-refractivity contribution in [2.45, 2.75) is 19.3 Å². The van der Waals surface area contributed by atoms with Crippen molar-refractivity contribution in [1.82, 2.24) is 14.7 Å². The molecule has 0 bridgehead atoms. The number of aromatic nitrogens is 2. The summed E-state index contributed by atoms with van der Waals surface area (Å²) in [6.07, 6.45) is 9.69. The molecule has 198 valence electrons. The number of nitrogens with zero attached hydrogens (tertiary/aromatic N) is 4. The van der Waals surface area contributed by atoms with E-state index in [9.17, 15) is 14.4 Å². The Morgan fingerprint density at radius 2 is 1.95 bits per heavy atom. The van der Waals surface area contributed by atoms with E-state index in [1.54, 1.807) is 42.5 Å². The second-order valence-corrected chi connectivity index (χ2v) is 10.8. The van der Waals surface area contributed by atoms with E-state index in [0.717, 1.165) is 22.2 Å². The number of hydrogen-bond donors (Lipinski definition) is 0. The van der Waals surface area contributed by atoms with Gasteiger partial charge in [-0.3, -0.25) is 4.79 Å². The number of likely N-dealkylation sites (tertiary alicyclic amines) is 1. The van der Waals surface area contributed by atoms with Gasteiger partial charge in [-0.2, -0.15) is 10.4 Å². The van der Waals surface area contributed by atoms with Crippen molar-refractivity contribution < 1.29 is 9.18 Å². The average Bonchev–Trinajstić information content (AvgIpc) is 3.22. The van der Waals surface area contributed by atoms with E-state index < -0.39 is 0 Å². The number of carbonyl (C=O) groups is 1. The molecule has 1 saturated carbocycles. The smallest absolute Gasteiger partial charge is 0.255 e. The van der Waals surface area contributed by atoms with Crippen molar-refractivity contribution in [3.63, 3.8) is 0 Å². The molecule has 40 heavy (non-hydrogen) atoms. The number of nitriles is 1. The highest BCUT2D eigenvalue weighted by Crippen LogP contribution is 2.67. The van der Waals surface area contributed by atoms with Gasteiger partial charge in [0.25, 0.3) is 5.91 Å². The summed E-state index contributed by atoms with van der Waals surface area (Å²) in [5.74, 6) is 0.175. The number of aryl methyl sites for hydroxylation is 1. The van der Waals surface area contributed by atoms with Crippen LogP contribution in [-0.4, -0.2) is 33.7 Å². The Balaban J connectivity index is 1.41. The third-order valence-corrected chi connectivity index (χ3v) is 8.53. The van der Waals surface area contributed by atoms with Gasteiger partial charge in [-0.15, -0.1) is 0 Å². The minimum atomic E-state index is -0.285. The molecular formula is C34H29FN4O. The first kappa shape index (κ1) is 25.5. The van der Waals surface area contributed by atoms with Crippen molar-refractivity contribution in [1.29, 1.82) is 5.26 Å². The van der Waals surface area contributed by atoms with Crippen LogP contribution in [0.4, 0.5) is 4.39 Å². The number of piperidine rings is 1. The van der Waals surface area contributed by atoms with Gasteiger partial charge in [0, 0.05) is 23.9 Å². The van der Waals surface area contributed by atoms with E-state index in [-0.39, 0.29) is 23.1 Å². The zero-order valence-electron chi connectivity index (χ0n) is 22.5. The molecule has 2 heterocycles. The first-order valence-electron chi connectivity index (χ1n) is 13.4. The maximum atomic E-state index is 13.6. The van der Waals surface area contributed by atoms with Crippen LogP contribution in [0.3, 0.4) is 0 Å². The van der Waals surface area contributed by atoms with Gasteiger partial charge in [0.1, 0.15) is 5.82 Å². The second-order valence-electron chi connectivity index (χ2n) is 10.8. The van der Waals surface area contributed by atoms with Crippen LogP contribution >= 0.6 is 0 Å². The molecular weight excluding hydrogens is 499 g/mol. The number of carbonyl (C=O) groups excluding carboxylic acids is 1. The highest BCUT2D eigenvalue weighted by atomic mass is 19.1. The van der Waals surface area contributed by atoms with Crippen LogP contribution in [0.1, 0.15) is 34.0 Å². The van der Waals surface area contributed by atoms with Crippen molar-refractivity contribution in [2.24, 2.45) is 11.8 Å². The van der Waals surface area contributed by atoms with Gasteiger partial charge in [0.05, 0.1) is 34.6 Å². The van der Waals surface area contributed by atoms with Crippen molar-refractivity contribution in [3.05, 3.63) is 131 Å². The maximum absolute atomic E-state index is 13.6. The van der Waals surface area contributed by atoms with E-state index in [2.05, 4.69) is 49.8 Å². The van der Waals surface area contributed by atoms with Crippen LogP contribution in [0.2, 0.25) is 0 Å². The fourth-order valence-corrected chi connectivity index (χ4v) is 6.75.